The van der Waals surface area contributed by atoms with Crippen LogP contribution in [0.1, 0.15) is 33.4 Å². The van der Waals surface area contributed by atoms with Crippen LogP contribution in [0.3, 0.4) is 0 Å². The van der Waals surface area contributed by atoms with Gasteiger partial charge in [0, 0.05) is 31.6 Å². The maximum atomic E-state index is 13.7. The molecule has 3 heterocycles. The van der Waals surface area contributed by atoms with Gasteiger partial charge in [-0.25, -0.2) is 4.39 Å². The van der Waals surface area contributed by atoms with Crippen molar-refractivity contribution >= 4 is 18.3 Å². The van der Waals surface area contributed by atoms with Crippen molar-refractivity contribution in [1.29, 1.82) is 0 Å². The lowest BCUT2D eigenvalue weighted by Crippen LogP contribution is -2.33. The highest BCUT2D eigenvalue weighted by Crippen LogP contribution is 2.44. The Hall–Kier alpha value is -1.92. The van der Waals surface area contributed by atoms with Crippen LogP contribution in [0.2, 0.25) is 0 Å². The summed E-state index contributed by atoms with van der Waals surface area (Å²) in [7, 11) is 2.08. The summed E-state index contributed by atoms with van der Waals surface area (Å²) in [5.74, 6) is 1.07. The van der Waals surface area contributed by atoms with Crippen molar-refractivity contribution in [1.82, 2.24) is 15.0 Å². The van der Waals surface area contributed by atoms with Crippen LogP contribution in [0.5, 0.6) is 0 Å². The summed E-state index contributed by atoms with van der Waals surface area (Å²) in [4.78, 5) is 17.1. The van der Waals surface area contributed by atoms with Crippen molar-refractivity contribution in [3.63, 3.8) is 0 Å². The van der Waals surface area contributed by atoms with E-state index in [0.29, 0.717) is 35.4 Å². The largest absolute Gasteiger partial charge is 0.361 e. The Bertz CT molecular complexity index is 805. The second kappa shape index (κ2) is 7.00. The number of hydrogen-bond acceptors (Lipinski definition) is 4. The van der Waals surface area contributed by atoms with Gasteiger partial charge in [0.1, 0.15) is 17.1 Å². The van der Waals surface area contributed by atoms with E-state index in [9.17, 15) is 9.18 Å². The standard InChI is InChI=1S/C19H22FN3O2.ClH/c1-11-17(12(2)25-21-11)19(24)23-9-14-8-22(3)18(16(14)10-23)13-5-4-6-15(20)7-13;/h4-7,14,16,18H,8-10H2,1-3H3;1H/t14-,16+,18-;/m0./s1. The van der Waals surface area contributed by atoms with Crippen LogP contribution >= 0.6 is 12.4 Å². The van der Waals surface area contributed by atoms with Crippen molar-refractivity contribution in [3.8, 4) is 0 Å². The highest BCUT2D eigenvalue weighted by molar-refractivity contribution is 5.96. The quantitative estimate of drug-likeness (QED) is 0.803. The van der Waals surface area contributed by atoms with Crippen LogP contribution in [-0.4, -0.2) is 47.5 Å². The minimum Gasteiger partial charge on any atom is -0.361 e. The van der Waals surface area contributed by atoms with Crippen molar-refractivity contribution in [2.75, 3.05) is 26.7 Å². The van der Waals surface area contributed by atoms with E-state index in [4.69, 9.17) is 4.52 Å². The van der Waals surface area contributed by atoms with E-state index in [-0.39, 0.29) is 30.2 Å². The average Bonchev–Trinajstić information content (AvgIpc) is 3.19. The lowest BCUT2D eigenvalue weighted by Gasteiger charge is -2.27. The molecule has 2 aromatic rings. The number of benzene rings is 1. The van der Waals surface area contributed by atoms with Gasteiger partial charge in [0.25, 0.3) is 5.91 Å². The van der Waals surface area contributed by atoms with Gasteiger partial charge in [0.15, 0.2) is 0 Å². The van der Waals surface area contributed by atoms with Crippen LogP contribution in [0.4, 0.5) is 4.39 Å². The number of carbonyl (C=O) groups excluding carboxylic acids is 1. The van der Waals surface area contributed by atoms with Gasteiger partial charge < -0.3 is 9.42 Å². The molecule has 2 aliphatic rings. The molecule has 2 saturated heterocycles. The Morgan fingerprint density at radius 2 is 2.04 bits per heavy atom. The Morgan fingerprint density at radius 3 is 2.69 bits per heavy atom. The first-order valence-corrected chi connectivity index (χ1v) is 8.63. The molecule has 5 nitrogen and oxygen atoms in total. The number of nitrogens with zero attached hydrogens (tertiary/aromatic N) is 3. The summed E-state index contributed by atoms with van der Waals surface area (Å²) < 4.78 is 18.8. The van der Waals surface area contributed by atoms with Gasteiger partial charge >= 0.3 is 0 Å². The molecule has 1 aromatic carbocycles. The fraction of sp³-hybridized carbons (Fsp3) is 0.474. The van der Waals surface area contributed by atoms with E-state index >= 15 is 0 Å². The molecule has 2 fully saturated rings. The van der Waals surface area contributed by atoms with Gasteiger partial charge in [-0.3, -0.25) is 9.69 Å². The van der Waals surface area contributed by atoms with Gasteiger partial charge in [0.2, 0.25) is 0 Å². The molecular formula is C19H23ClFN3O2. The molecule has 2 aliphatic heterocycles. The van der Waals surface area contributed by atoms with Crippen molar-refractivity contribution in [2.24, 2.45) is 11.8 Å². The maximum absolute atomic E-state index is 13.7. The molecule has 26 heavy (non-hydrogen) atoms. The molecule has 0 radical (unpaired) electrons. The van der Waals surface area contributed by atoms with E-state index in [0.717, 1.165) is 18.7 Å². The number of aromatic nitrogens is 1. The van der Waals surface area contributed by atoms with Crippen LogP contribution in [0.15, 0.2) is 28.8 Å². The summed E-state index contributed by atoms with van der Waals surface area (Å²) in [5, 5.41) is 3.89. The Kier molecular flexibility index (Phi) is 5.08. The second-order valence-electron chi connectivity index (χ2n) is 7.27. The smallest absolute Gasteiger partial charge is 0.259 e. The minimum absolute atomic E-state index is 0. The number of likely N-dealkylation sites (tertiary alicyclic amines) is 2. The molecule has 0 spiro atoms. The molecular weight excluding hydrogens is 357 g/mol. The fourth-order valence-electron chi connectivity index (χ4n) is 4.56. The number of fused-ring (bicyclic) bond motifs is 1. The van der Waals surface area contributed by atoms with Gasteiger partial charge in [-0.2, -0.15) is 0 Å². The first-order chi connectivity index (χ1) is 12.0. The summed E-state index contributed by atoms with van der Waals surface area (Å²) >= 11 is 0. The highest BCUT2D eigenvalue weighted by Gasteiger charge is 2.47. The van der Waals surface area contributed by atoms with E-state index in [2.05, 4.69) is 17.1 Å². The predicted molar refractivity (Wildman–Crippen MR) is 97.9 cm³/mol. The average molecular weight is 380 g/mol. The number of amides is 1. The number of aryl methyl sites for hydroxylation is 2. The third-order valence-corrected chi connectivity index (χ3v) is 5.62. The first kappa shape index (κ1) is 18.9. The third kappa shape index (κ3) is 3.01. The Balaban J connectivity index is 0.00000196. The van der Waals surface area contributed by atoms with Crippen molar-refractivity contribution in [2.45, 2.75) is 19.9 Å². The Labute approximate surface area is 158 Å². The summed E-state index contributed by atoms with van der Waals surface area (Å²) in [6, 6.07) is 6.96. The topological polar surface area (TPSA) is 49.6 Å². The summed E-state index contributed by atoms with van der Waals surface area (Å²) in [6.45, 7) is 5.89. The van der Waals surface area contributed by atoms with Crippen LogP contribution < -0.4 is 0 Å². The maximum Gasteiger partial charge on any atom is 0.259 e. The molecule has 7 heteroatoms. The highest BCUT2D eigenvalue weighted by atomic mass is 35.5. The van der Waals surface area contributed by atoms with Gasteiger partial charge in [0.05, 0.1) is 5.69 Å². The van der Waals surface area contributed by atoms with Crippen LogP contribution in [0, 0.1) is 31.5 Å². The lowest BCUT2D eigenvalue weighted by atomic mass is 9.89. The molecule has 1 aromatic heterocycles. The van der Waals surface area contributed by atoms with E-state index < -0.39 is 0 Å². The molecule has 0 aliphatic carbocycles. The molecule has 0 N–H and O–H groups in total. The summed E-state index contributed by atoms with van der Waals surface area (Å²) in [5.41, 5.74) is 2.20. The molecule has 3 atom stereocenters. The molecule has 1 amide bonds. The number of hydrogen-bond donors (Lipinski definition) is 0. The third-order valence-electron chi connectivity index (χ3n) is 5.62. The molecule has 0 bridgehead atoms. The van der Waals surface area contributed by atoms with Crippen LogP contribution in [0.25, 0.3) is 0 Å². The van der Waals surface area contributed by atoms with Gasteiger partial charge in [-0.1, -0.05) is 17.3 Å². The van der Waals surface area contributed by atoms with E-state index in [1.54, 1.807) is 26.0 Å². The van der Waals surface area contributed by atoms with Gasteiger partial charge in [-0.15, -0.1) is 12.4 Å². The second-order valence-corrected chi connectivity index (χ2v) is 7.27. The molecule has 0 saturated carbocycles. The van der Waals surface area contributed by atoms with Gasteiger partial charge in [-0.05, 0) is 44.5 Å². The zero-order valence-electron chi connectivity index (χ0n) is 15.1. The zero-order valence-corrected chi connectivity index (χ0v) is 15.9. The SMILES string of the molecule is Cc1noc(C)c1C(=O)N1C[C@@H]2CN(C)[C@@H](c3cccc(F)c3)[C@@H]2C1.Cl. The zero-order chi connectivity index (χ0) is 17.7. The first-order valence-electron chi connectivity index (χ1n) is 8.63. The molecule has 140 valence electrons. The van der Waals surface area contributed by atoms with Crippen LogP contribution in [-0.2, 0) is 0 Å². The summed E-state index contributed by atoms with van der Waals surface area (Å²) in [6.07, 6.45) is 0. The molecule has 4 rings (SSSR count). The number of carbonyl (C=O) groups is 1. The van der Waals surface area contributed by atoms with E-state index in [1.807, 2.05) is 11.0 Å². The Morgan fingerprint density at radius 1 is 1.27 bits per heavy atom. The number of rotatable bonds is 2. The lowest BCUT2D eigenvalue weighted by molar-refractivity contribution is 0.0765. The minimum atomic E-state index is -0.212. The normalized spacial score (nSPS) is 25.2. The predicted octanol–water partition coefficient (Wildman–Crippen LogP) is 3.23. The molecule has 0 unspecified atom stereocenters. The van der Waals surface area contributed by atoms with Crippen molar-refractivity contribution in [3.05, 3.63) is 52.7 Å². The number of halogens is 2. The van der Waals surface area contributed by atoms with Crippen molar-refractivity contribution < 1.29 is 13.7 Å². The monoisotopic (exact) mass is 379 g/mol. The van der Waals surface area contributed by atoms with E-state index in [1.165, 1.54) is 6.07 Å². The fourth-order valence-corrected chi connectivity index (χ4v) is 4.56.